The van der Waals surface area contributed by atoms with Gasteiger partial charge in [-0.3, -0.25) is 14.4 Å². The number of allylic oxidation sites excluding steroid dienone is 8. The molecule has 0 bridgehead atoms. The molecule has 0 heterocycles. The molecule has 0 radical (unpaired) electrons. The minimum absolute atomic E-state index is 0.0792. The molecule has 0 saturated heterocycles. The Morgan fingerprint density at radius 1 is 0.303 bits per heavy atom. The zero-order chi connectivity index (χ0) is 47.9. The molecule has 0 aromatic heterocycles. The SMILES string of the molecule is CCCC/C=C\C/C=C\CCCCCCCC(=O)OCC(COC(=O)CCCCCCCCC/C=C\C/C=C\CCCCCC)OC(=O)CCCCCCCCCCCCCCCCCC. The Kier molecular flexibility index (Phi) is 52.8. The first-order valence-electron chi connectivity index (χ1n) is 28.6. The molecule has 6 nitrogen and oxygen atoms in total. The van der Waals surface area contributed by atoms with Gasteiger partial charge in [-0.2, -0.15) is 0 Å². The van der Waals surface area contributed by atoms with Crippen LogP contribution in [0.5, 0.6) is 0 Å². The second-order valence-corrected chi connectivity index (χ2v) is 19.2. The number of unbranched alkanes of at least 4 members (excludes halogenated alkanes) is 33. The van der Waals surface area contributed by atoms with Crippen LogP contribution >= 0.6 is 0 Å². The van der Waals surface area contributed by atoms with Crippen LogP contribution in [-0.4, -0.2) is 37.2 Å². The predicted octanol–water partition coefficient (Wildman–Crippen LogP) is 19.0. The molecule has 0 aromatic rings. The van der Waals surface area contributed by atoms with Crippen molar-refractivity contribution in [3.05, 3.63) is 48.6 Å². The fourth-order valence-electron chi connectivity index (χ4n) is 8.20. The van der Waals surface area contributed by atoms with E-state index in [0.717, 1.165) is 89.9 Å². The van der Waals surface area contributed by atoms with Crippen LogP contribution in [0, 0.1) is 0 Å². The van der Waals surface area contributed by atoms with E-state index in [2.05, 4.69) is 69.4 Å². The van der Waals surface area contributed by atoms with Crippen molar-refractivity contribution in [2.24, 2.45) is 0 Å². The predicted molar refractivity (Wildman–Crippen MR) is 284 cm³/mol. The lowest BCUT2D eigenvalue weighted by atomic mass is 10.0. The topological polar surface area (TPSA) is 78.9 Å². The average molecular weight is 926 g/mol. The molecule has 0 rings (SSSR count). The Morgan fingerprint density at radius 2 is 0.561 bits per heavy atom. The molecule has 6 heteroatoms. The fraction of sp³-hybridized carbons (Fsp3) is 0.817. The van der Waals surface area contributed by atoms with Crippen LogP contribution in [0.4, 0.5) is 0 Å². The largest absolute Gasteiger partial charge is 0.462 e. The highest BCUT2D eigenvalue weighted by atomic mass is 16.6. The number of ether oxygens (including phenoxy) is 3. The van der Waals surface area contributed by atoms with Gasteiger partial charge in [-0.15, -0.1) is 0 Å². The Bertz CT molecular complexity index is 1150. The maximum atomic E-state index is 12.8. The van der Waals surface area contributed by atoms with Gasteiger partial charge in [0.1, 0.15) is 13.2 Å². The van der Waals surface area contributed by atoms with Crippen molar-refractivity contribution in [1.82, 2.24) is 0 Å². The molecule has 0 amide bonds. The van der Waals surface area contributed by atoms with Crippen LogP contribution in [0.1, 0.15) is 297 Å². The van der Waals surface area contributed by atoms with E-state index in [0.29, 0.717) is 19.3 Å². The van der Waals surface area contributed by atoms with E-state index < -0.39 is 6.10 Å². The van der Waals surface area contributed by atoms with Gasteiger partial charge in [-0.1, -0.05) is 249 Å². The minimum atomic E-state index is -0.780. The summed E-state index contributed by atoms with van der Waals surface area (Å²) < 4.78 is 16.9. The average Bonchev–Trinajstić information content (AvgIpc) is 3.31. The summed E-state index contributed by atoms with van der Waals surface area (Å²) in [6.45, 7) is 6.60. The standard InChI is InChI=1S/C60H108O6/c1-4-7-10-13-16-19-22-25-28-30-31-33-35-38-41-44-47-50-53-59(62)65-56-57(55-64-58(61)52-49-46-43-40-37-34-27-24-21-18-15-12-9-6-3)66-60(63)54-51-48-45-42-39-36-32-29-26-23-20-17-14-11-8-5-2/h15,18-19,22,24,27-28,30,57H,4-14,16-17,20-21,23,25-26,29,31-56H2,1-3H3/b18-15-,22-19-,27-24-,30-28-. The van der Waals surface area contributed by atoms with Gasteiger partial charge in [-0.05, 0) is 77.0 Å². The quantitative estimate of drug-likeness (QED) is 0.0262. The van der Waals surface area contributed by atoms with Crippen molar-refractivity contribution in [3.63, 3.8) is 0 Å². The highest BCUT2D eigenvalue weighted by Gasteiger charge is 2.19. The van der Waals surface area contributed by atoms with Crippen LogP contribution in [0.2, 0.25) is 0 Å². The van der Waals surface area contributed by atoms with Gasteiger partial charge in [0, 0.05) is 19.3 Å². The van der Waals surface area contributed by atoms with Crippen molar-refractivity contribution >= 4 is 17.9 Å². The molecule has 0 aromatic carbocycles. The molecule has 0 aliphatic carbocycles. The van der Waals surface area contributed by atoms with Gasteiger partial charge in [-0.25, -0.2) is 0 Å². The van der Waals surface area contributed by atoms with E-state index in [1.165, 1.54) is 167 Å². The molecule has 1 unspecified atom stereocenters. The van der Waals surface area contributed by atoms with Crippen molar-refractivity contribution in [2.75, 3.05) is 13.2 Å². The van der Waals surface area contributed by atoms with Gasteiger partial charge < -0.3 is 14.2 Å². The third kappa shape index (κ3) is 52.3. The molecule has 66 heavy (non-hydrogen) atoms. The Hall–Kier alpha value is -2.63. The van der Waals surface area contributed by atoms with Crippen molar-refractivity contribution in [2.45, 2.75) is 303 Å². The van der Waals surface area contributed by atoms with E-state index in [1.807, 2.05) is 0 Å². The van der Waals surface area contributed by atoms with Crippen molar-refractivity contribution in [3.8, 4) is 0 Å². The summed E-state index contributed by atoms with van der Waals surface area (Å²) in [4.78, 5) is 38.1. The molecule has 0 aliphatic heterocycles. The van der Waals surface area contributed by atoms with Crippen molar-refractivity contribution < 1.29 is 28.6 Å². The maximum Gasteiger partial charge on any atom is 0.306 e. The summed E-state index contributed by atoms with van der Waals surface area (Å²) >= 11 is 0. The Morgan fingerprint density at radius 3 is 0.894 bits per heavy atom. The zero-order valence-corrected chi connectivity index (χ0v) is 44.0. The normalized spacial score (nSPS) is 12.3. The van der Waals surface area contributed by atoms with Gasteiger partial charge in [0.25, 0.3) is 0 Å². The zero-order valence-electron chi connectivity index (χ0n) is 44.0. The van der Waals surface area contributed by atoms with Crippen LogP contribution in [-0.2, 0) is 28.6 Å². The molecular weight excluding hydrogens is 817 g/mol. The first-order valence-corrected chi connectivity index (χ1v) is 28.6. The second kappa shape index (κ2) is 55.0. The first-order chi connectivity index (χ1) is 32.5. The van der Waals surface area contributed by atoms with Crippen molar-refractivity contribution in [1.29, 1.82) is 0 Å². The summed E-state index contributed by atoms with van der Waals surface area (Å²) in [5.41, 5.74) is 0. The lowest BCUT2D eigenvalue weighted by molar-refractivity contribution is -0.167. The van der Waals surface area contributed by atoms with Crippen LogP contribution in [0.15, 0.2) is 48.6 Å². The molecule has 0 spiro atoms. The van der Waals surface area contributed by atoms with E-state index in [9.17, 15) is 14.4 Å². The lowest BCUT2D eigenvalue weighted by Gasteiger charge is -2.18. The third-order valence-corrected chi connectivity index (χ3v) is 12.6. The number of esters is 3. The number of rotatable bonds is 52. The third-order valence-electron chi connectivity index (χ3n) is 12.6. The minimum Gasteiger partial charge on any atom is -0.462 e. The molecular formula is C60H108O6. The Balaban J connectivity index is 4.37. The molecule has 0 aliphatic rings. The van der Waals surface area contributed by atoms with E-state index in [-0.39, 0.29) is 31.1 Å². The first kappa shape index (κ1) is 63.4. The fourth-order valence-corrected chi connectivity index (χ4v) is 8.20. The smallest absolute Gasteiger partial charge is 0.306 e. The lowest BCUT2D eigenvalue weighted by Crippen LogP contribution is -2.30. The van der Waals surface area contributed by atoms with E-state index in [1.54, 1.807) is 0 Å². The van der Waals surface area contributed by atoms with Crippen LogP contribution in [0.25, 0.3) is 0 Å². The summed E-state index contributed by atoms with van der Waals surface area (Å²) in [7, 11) is 0. The number of carbonyl (C=O) groups is 3. The molecule has 1 atom stereocenters. The summed E-state index contributed by atoms with van der Waals surface area (Å²) in [6.07, 6.45) is 66.6. The van der Waals surface area contributed by atoms with Crippen LogP contribution < -0.4 is 0 Å². The molecule has 0 N–H and O–H groups in total. The highest BCUT2D eigenvalue weighted by molar-refractivity contribution is 5.71. The van der Waals surface area contributed by atoms with Gasteiger partial charge in [0.05, 0.1) is 0 Å². The number of hydrogen-bond acceptors (Lipinski definition) is 6. The summed E-state index contributed by atoms with van der Waals surface area (Å²) in [5, 5.41) is 0. The maximum absolute atomic E-state index is 12.8. The van der Waals surface area contributed by atoms with Gasteiger partial charge in [0.15, 0.2) is 6.10 Å². The van der Waals surface area contributed by atoms with Gasteiger partial charge >= 0.3 is 17.9 Å². The molecule has 0 fully saturated rings. The van der Waals surface area contributed by atoms with Crippen LogP contribution in [0.3, 0.4) is 0 Å². The molecule has 0 saturated carbocycles. The summed E-state index contributed by atoms with van der Waals surface area (Å²) in [5.74, 6) is -0.886. The van der Waals surface area contributed by atoms with Gasteiger partial charge in [0.2, 0.25) is 0 Å². The highest BCUT2D eigenvalue weighted by Crippen LogP contribution is 2.16. The second-order valence-electron chi connectivity index (χ2n) is 19.2. The number of carbonyl (C=O) groups excluding carboxylic acids is 3. The van der Waals surface area contributed by atoms with E-state index in [4.69, 9.17) is 14.2 Å². The summed E-state index contributed by atoms with van der Waals surface area (Å²) in [6, 6.07) is 0. The van der Waals surface area contributed by atoms with E-state index >= 15 is 0 Å². The molecule has 384 valence electrons. The Labute approximate surface area is 409 Å². The monoisotopic (exact) mass is 925 g/mol. The number of hydrogen-bond donors (Lipinski definition) is 0.